The number of nitrogens with one attached hydrogen (secondary N) is 1. The Morgan fingerprint density at radius 3 is 2.88 bits per heavy atom. The summed E-state index contributed by atoms with van der Waals surface area (Å²) in [5.41, 5.74) is 6.88. The van der Waals surface area contributed by atoms with E-state index < -0.39 is 5.54 Å². The number of fused-ring (bicyclic) bond motifs is 1. The highest BCUT2D eigenvalue weighted by Gasteiger charge is 2.42. The minimum absolute atomic E-state index is 0.331. The van der Waals surface area contributed by atoms with Gasteiger partial charge in [-0.3, -0.25) is 4.79 Å². The second-order valence-corrected chi connectivity index (χ2v) is 4.04. The van der Waals surface area contributed by atoms with E-state index in [0.29, 0.717) is 6.42 Å². The molecule has 1 aliphatic rings. The molecule has 1 amide bonds. The molecule has 3 N–H and O–H groups in total. The number of hydrogen-bond acceptors (Lipinski definition) is 3. The topological polar surface area (TPSA) is 64.3 Å². The molecule has 0 saturated carbocycles. The van der Waals surface area contributed by atoms with Gasteiger partial charge in [0.2, 0.25) is 5.91 Å². The number of likely N-dealkylation sites (N-methyl/N-ethyl adjacent to an activating group) is 1. The summed E-state index contributed by atoms with van der Waals surface area (Å²) < 4.78 is 5.18. The smallest absolute Gasteiger partial charge is 0.242 e. The van der Waals surface area contributed by atoms with Crippen LogP contribution in [-0.4, -0.2) is 20.1 Å². The summed E-state index contributed by atoms with van der Waals surface area (Å²) in [4.78, 5) is 11.6. The van der Waals surface area contributed by atoms with Crippen LogP contribution < -0.4 is 15.8 Å². The van der Waals surface area contributed by atoms with Gasteiger partial charge in [0.25, 0.3) is 0 Å². The highest BCUT2D eigenvalue weighted by atomic mass is 16.5. The Balaban J connectivity index is 2.55. The third-order valence-corrected chi connectivity index (χ3v) is 3.39. The molecule has 1 aliphatic carbocycles. The van der Waals surface area contributed by atoms with Crippen LogP contribution in [0.15, 0.2) is 18.2 Å². The van der Waals surface area contributed by atoms with Crippen LogP contribution in [0.1, 0.15) is 17.5 Å². The van der Waals surface area contributed by atoms with E-state index in [1.165, 1.54) is 0 Å². The van der Waals surface area contributed by atoms with Crippen molar-refractivity contribution in [2.24, 2.45) is 5.73 Å². The average molecular weight is 220 g/mol. The molecular formula is C12H16N2O2. The highest BCUT2D eigenvalue weighted by Crippen LogP contribution is 2.38. The van der Waals surface area contributed by atoms with E-state index in [1.807, 2.05) is 18.2 Å². The quantitative estimate of drug-likeness (QED) is 0.781. The molecule has 16 heavy (non-hydrogen) atoms. The van der Waals surface area contributed by atoms with Gasteiger partial charge in [0.15, 0.2) is 0 Å². The number of primary amides is 1. The molecule has 1 unspecified atom stereocenters. The number of amides is 1. The zero-order valence-electron chi connectivity index (χ0n) is 9.54. The van der Waals surface area contributed by atoms with Crippen LogP contribution in [0.4, 0.5) is 0 Å². The Morgan fingerprint density at radius 1 is 1.56 bits per heavy atom. The lowest BCUT2D eigenvalue weighted by atomic mass is 9.91. The first-order chi connectivity index (χ1) is 7.64. The first-order valence-corrected chi connectivity index (χ1v) is 5.30. The van der Waals surface area contributed by atoms with E-state index >= 15 is 0 Å². The van der Waals surface area contributed by atoms with Crippen LogP contribution in [0.5, 0.6) is 5.75 Å². The Bertz CT molecular complexity index is 431. The number of nitrogens with two attached hydrogens (primary N) is 1. The number of methoxy groups -OCH3 is 1. The highest BCUT2D eigenvalue weighted by molar-refractivity contribution is 5.87. The Kier molecular flexibility index (Phi) is 2.59. The normalized spacial score (nSPS) is 22.9. The Morgan fingerprint density at radius 2 is 2.31 bits per heavy atom. The van der Waals surface area contributed by atoms with E-state index in [2.05, 4.69) is 5.32 Å². The van der Waals surface area contributed by atoms with Gasteiger partial charge in [0, 0.05) is 0 Å². The third kappa shape index (κ3) is 1.38. The maximum Gasteiger partial charge on any atom is 0.242 e. The van der Waals surface area contributed by atoms with Gasteiger partial charge < -0.3 is 15.8 Å². The second-order valence-electron chi connectivity index (χ2n) is 4.04. The Hall–Kier alpha value is -1.55. The van der Waals surface area contributed by atoms with E-state index in [9.17, 15) is 4.79 Å². The number of carbonyl (C=O) groups excluding carboxylic acids is 1. The van der Waals surface area contributed by atoms with Crippen molar-refractivity contribution in [2.75, 3.05) is 14.2 Å². The molecule has 0 spiro atoms. The van der Waals surface area contributed by atoms with Crippen LogP contribution in [-0.2, 0) is 16.8 Å². The van der Waals surface area contributed by atoms with Gasteiger partial charge in [-0.05, 0) is 43.1 Å². The zero-order chi connectivity index (χ0) is 11.8. The lowest BCUT2D eigenvalue weighted by Gasteiger charge is -2.26. The minimum atomic E-state index is -0.732. The number of ether oxygens (including phenoxy) is 1. The minimum Gasteiger partial charge on any atom is -0.497 e. The molecule has 1 atom stereocenters. The maximum atomic E-state index is 11.6. The Labute approximate surface area is 94.8 Å². The summed E-state index contributed by atoms with van der Waals surface area (Å²) in [6.07, 6.45) is 1.57. The monoisotopic (exact) mass is 220 g/mol. The van der Waals surface area contributed by atoms with E-state index in [4.69, 9.17) is 10.5 Å². The summed E-state index contributed by atoms with van der Waals surface area (Å²) in [7, 11) is 3.38. The van der Waals surface area contributed by atoms with Crippen LogP contribution in [0, 0.1) is 0 Å². The lowest BCUT2D eigenvalue weighted by molar-refractivity contribution is -0.124. The molecule has 0 aromatic heterocycles. The van der Waals surface area contributed by atoms with Crippen LogP contribution in [0.3, 0.4) is 0 Å². The predicted molar refractivity (Wildman–Crippen MR) is 61.2 cm³/mol. The first-order valence-electron chi connectivity index (χ1n) is 5.30. The number of hydrogen-bond donors (Lipinski definition) is 2. The van der Waals surface area contributed by atoms with Gasteiger partial charge in [-0.25, -0.2) is 0 Å². The molecule has 0 saturated heterocycles. The number of rotatable bonds is 3. The predicted octanol–water partition coefficient (Wildman–Crippen LogP) is 0.541. The van der Waals surface area contributed by atoms with Crippen molar-refractivity contribution >= 4 is 5.91 Å². The zero-order valence-corrected chi connectivity index (χ0v) is 9.54. The molecule has 4 nitrogen and oxygen atoms in total. The maximum absolute atomic E-state index is 11.6. The van der Waals surface area contributed by atoms with Crippen molar-refractivity contribution in [2.45, 2.75) is 18.4 Å². The van der Waals surface area contributed by atoms with E-state index in [-0.39, 0.29) is 5.91 Å². The van der Waals surface area contributed by atoms with Gasteiger partial charge in [-0.2, -0.15) is 0 Å². The van der Waals surface area contributed by atoms with Gasteiger partial charge in [-0.15, -0.1) is 0 Å². The summed E-state index contributed by atoms with van der Waals surface area (Å²) in [5, 5.41) is 3.05. The molecule has 0 bridgehead atoms. The molecule has 1 aromatic rings. The van der Waals surface area contributed by atoms with Crippen LogP contribution in [0.25, 0.3) is 0 Å². The fourth-order valence-corrected chi connectivity index (χ4v) is 2.39. The fraction of sp³-hybridized carbons (Fsp3) is 0.417. The van der Waals surface area contributed by atoms with Crippen LogP contribution >= 0.6 is 0 Å². The first kappa shape index (κ1) is 11.0. The van der Waals surface area contributed by atoms with Gasteiger partial charge in [0.05, 0.1) is 7.11 Å². The molecule has 86 valence electrons. The number of carbonyl (C=O) groups is 1. The summed E-state index contributed by atoms with van der Waals surface area (Å²) in [6, 6.07) is 5.80. The van der Waals surface area contributed by atoms with E-state index in [0.717, 1.165) is 23.3 Å². The molecule has 0 radical (unpaired) electrons. The summed E-state index contributed by atoms with van der Waals surface area (Å²) in [5.74, 6) is 0.420. The molecule has 1 aromatic carbocycles. The van der Waals surface area contributed by atoms with Crippen molar-refractivity contribution in [3.63, 3.8) is 0 Å². The number of aryl methyl sites for hydroxylation is 1. The van der Waals surface area contributed by atoms with E-state index in [1.54, 1.807) is 14.2 Å². The summed E-state index contributed by atoms with van der Waals surface area (Å²) in [6.45, 7) is 0. The number of benzene rings is 1. The molecule has 4 heteroatoms. The molecular weight excluding hydrogens is 204 g/mol. The van der Waals surface area contributed by atoms with Crippen LogP contribution in [0.2, 0.25) is 0 Å². The van der Waals surface area contributed by atoms with Crippen molar-refractivity contribution in [1.29, 1.82) is 0 Å². The molecule has 0 fully saturated rings. The molecule has 0 aliphatic heterocycles. The van der Waals surface area contributed by atoms with Gasteiger partial charge in [0.1, 0.15) is 11.3 Å². The third-order valence-electron chi connectivity index (χ3n) is 3.39. The van der Waals surface area contributed by atoms with Crippen molar-refractivity contribution in [1.82, 2.24) is 5.32 Å². The largest absolute Gasteiger partial charge is 0.497 e. The second kappa shape index (κ2) is 3.79. The van der Waals surface area contributed by atoms with Crippen molar-refractivity contribution in [3.8, 4) is 5.75 Å². The van der Waals surface area contributed by atoms with Crippen molar-refractivity contribution in [3.05, 3.63) is 29.3 Å². The van der Waals surface area contributed by atoms with Gasteiger partial charge >= 0.3 is 0 Å². The lowest BCUT2D eigenvalue weighted by Crippen LogP contribution is -2.49. The van der Waals surface area contributed by atoms with Gasteiger partial charge in [-0.1, -0.05) is 6.07 Å². The van der Waals surface area contributed by atoms with Crippen molar-refractivity contribution < 1.29 is 9.53 Å². The summed E-state index contributed by atoms with van der Waals surface area (Å²) >= 11 is 0. The fourth-order valence-electron chi connectivity index (χ4n) is 2.39. The molecule has 0 heterocycles. The average Bonchev–Trinajstić information content (AvgIpc) is 2.67. The SMILES string of the molecule is CNC1(C(N)=O)CCc2ccc(OC)cc21. The molecule has 2 rings (SSSR count). The standard InChI is InChI=1S/C12H16N2O2/c1-14-12(11(13)15)6-5-8-3-4-9(16-2)7-10(8)12/h3-4,7,14H,5-6H2,1-2H3,(H2,13,15).